The molecule has 0 saturated heterocycles. The van der Waals surface area contributed by atoms with E-state index in [-0.39, 0.29) is 11.5 Å². The zero-order valence-corrected chi connectivity index (χ0v) is 15.0. The molecule has 4 aliphatic rings. The standard InChI is InChI=1S/C20H33NO2/c1-12-11-20(3)13(10-17(12)21-23)4-5-14-15-6-7-18(22)19(15,2)9-8-16(14)20/h12-16,18,22-23H,4-11H2,1-3H3/b21-17-/t12-,13+,14+,15+,16+,18+,19+,20+/m1/s1. The number of aliphatic hydroxyl groups is 1. The van der Waals surface area contributed by atoms with Crippen LogP contribution >= 0.6 is 0 Å². The van der Waals surface area contributed by atoms with Crippen LogP contribution in [0.5, 0.6) is 0 Å². The molecule has 4 fully saturated rings. The molecule has 0 amide bonds. The zero-order chi connectivity index (χ0) is 16.4. The Morgan fingerprint density at radius 1 is 1.00 bits per heavy atom. The number of hydrogen-bond acceptors (Lipinski definition) is 3. The summed E-state index contributed by atoms with van der Waals surface area (Å²) >= 11 is 0. The van der Waals surface area contributed by atoms with Crippen LogP contribution in [0.2, 0.25) is 0 Å². The first-order valence-corrected chi connectivity index (χ1v) is 9.79. The second kappa shape index (κ2) is 5.21. The van der Waals surface area contributed by atoms with Crippen LogP contribution in [0.15, 0.2) is 5.16 Å². The average molecular weight is 319 g/mol. The zero-order valence-electron chi connectivity index (χ0n) is 15.0. The van der Waals surface area contributed by atoms with E-state index in [9.17, 15) is 10.3 Å². The van der Waals surface area contributed by atoms with Gasteiger partial charge in [-0.1, -0.05) is 25.9 Å². The monoisotopic (exact) mass is 319 g/mol. The van der Waals surface area contributed by atoms with Crippen LogP contribution in [-0.4, -0.2) is 22.1 Å². The SMILES string of the molecule is C[C@@H]1C[C@@]2(C)[C@@H](CC[C@@H]3[C@@H]2CC[C@]2(C)[C@@H](O)CC[C@@H]32)C/C1=N/O. The Balaban J connectivity index is 1.63. The number of aliphatic hydroxyl groups excluding tert-OH is 1. The molecular formula is C20H33NO2. The Hall–Kier alpha value is -0.570. The predicted molar refractivity (Wildman–Crippen MR) is 91.5 cm³/mol. The van der Waals surface area contributed by atoms with E-state index in [1.807, 2.05) is 0 Å². The maximum absolute atomic E-state index is 10.5. The van der Waals surface area contributed by atoms with Gasteiger partial charge in [-0.15, -0.1) is 0 Å². The summed E-state index contributed by atoms with van der Waals surface area (Å²) in [4.78, 5) is 0. The van der Waals surface area contributed by atoms with Gasteiger partial charge < -0.3 is 10.3 Å². The van der Waals surface area contributed by atoms with Crippen molar-refractivity contribution < 1.29 is 10.3 Å². The summed E-state index contributed by atoms with van der Waals surface area (Å²) in [5, 5.41) is 23.5. The second-order valence-corrected chi connectivity index (χ2v) is 9.70. The Bertz CT molecular complexity index is 518. The van der Waals surface area contributed by atoms with Gasteiger partial charge in [0.25, 0.3) is 0 Å². The minimum Gasteiger partial charge on any atom is -0.411 e. The van der Waals surface area contributed by atoms with Crippen molar-refractivity contribution in [2.24, 2.45) is 45.6 Å². The molecule has 0 bridgehead atoms. The van der Waals surface area contributed by atoms with Crippen LogP contribution in [-0.2, 0) is 0 Å². The minimum absolute atomic E-state index is 0.0719. The van der Waals surface area contributed by atoms with E-state index in [0.717, 1.165) is 36.3 Å². The van der Waals surface area contributed by atoms with Gasteiger partial charge in [0.2, 0.25) is 0 Å². The summed E-state index contributed by atoms with van der Waals surface area (Å²) in [6, 6.07) is 0. The van der Waals surface area contributed by atoms with Crippen molar-refractivity contribution in [2.45, 2.75) is 78.2 Å². The summed E-state index contributed by atoms with van der Waals surface area (Å²) in [6.45, 7) is 7.14. The van der Waals surface area contributed by atoms with Crippen LogP contribution in [0, 0.1) is 40.4 Å². The van der Waals surface area contributed by atoms with E-state index in [1.165, 1.54) is 38.5 Å². The van der Waals surface area contributed by atoms with E-state index in [1.54, 1.807) is 0 Å². The summed E-state index contributed by atoms with van der Waals surface area (Å²) in [7, 11) is 0. The van der Waals surface area contributed by atoms with E-state index in [0.29, 0.717) is 17.3 Å². The highest BCUT2D eigenvalue weighted by atomic mass is 16.4. The third kappa shape index (κ3) is 2.08. The fraction of sp³-hybridized carbons (Fsp3) is 0.950. The van der Waals surface area contributed by atoms with Crippen molar-refractivity contribution in [2.75, 3.05) is 0 Å². The fourth-order valence-corrected chi connectivity index (χ4v) is 7.53. The highest BCUT2D eigenvalue weighted by Crippen LogP contribution is 2.66. The molecule has 0 heterocycles. The Kier molecular flexibility index (Phi) is 3.61. The molecule has 0 radical (unpaired) electrons. The van der Waals surface area contributed by atoms with Gasteiger partial charge in [-0.25, -0.2) is 0 Å². The maximum atomic E-state index is 10.5. The summed E-state index contributed by atoms with van der Waals surface area (Å²) in [6.07, 6.45) is 9.47. The highest BCUT2D eigenvalue weighted by Gasteiger charge is 2.60. The molecule has 0 aliphatic heterocycles. The van der Waals surface area contributed by atoms with Gasteiger partial charge in [0, 0.05) is 0 Å². The quantitative estimate of drug-likeness (QED) is 0.511. The first-order valence-electron chi connectivity index (χ1n) is 9.79. The fourth-order valence-electron chi connectivity index (χ4n) is 7.53. The molecule has 0 spiro atoms. The number of fused-ring (bicyclic) bond motifs is 5. The molecule has 8 atom stereocenters. The molecule has 0 aromatic carbocycles. The molecule has 3 heteroatoms. The number of hydrogen-bond donors (Lipinski definition) is 2. The van der Waals surface area contributed by atoms with E-state index >= 15 is 0 Å². The number of nitrogens with zero attached hydrogens (tertiary/aromatic N) is 1. The van der Waals surface area contributed by atoms with E-state index < -0.39 is 0 Å². The van der Waals surface area contributed by atoms with Crippen LogP contribution in [0.25, 0.3) is 0 Å². The molecule has 3 nitrogen and oxygen atoms in total. The highest BCUT2D eigenvalue weighted by molar-refractivity contribution is 5.87. The Morgan fingerprint density at radius 2 is 1.74 bits per heavy atom. The number of oxime groups is 1. The number of rotatable bonds is 0. The summed E-state index contributed by atoms with van der Waals surface area (Å²) in [5.74, 6) is 3.47. The maximum Gasteiger partial charge on any atom is 0.0602 e. The molecule has 0 unspecified atom stereocenters. The largest absolute Gasteiger partial charge is 0.411 e. The van der Waals surface area contributed by atoms with Crippen molar-refractivity contribution in [1.29, 1.82) is 0 Å². The van der Waals surface area contributed by atoms with Gasteiger partial charge >= 0.3 is 0 Å². The van der Waals surface area contributed by atoms with Gasteiger partial charge in [0.15, 0.2) is 0 Å². The normalized spacial score (nSPS) is 57.7. The predicted octanol–water partition coefficient (Wildman–Crippen LogP) is 4.47. The van der Waals surface area contributed by atoms with Crippen molar-refractivity contribution in [3.63, 3.8) is 0 Å². The van der Waals surface area contributed by atoms with Crippen LogP contribution in [0.4, 0.5) is 0 Å². The lowest BCUT2D eigenvalue weighted by atomic mass is 9.44. The second-order valence-electron chi connectivity index (χ2n) is 9.70. The molecule has 0 aromatic rings. The molecular weight excluding hydrogens is 286 g/mol. The van der Waals surface area contributed by atoms with Crippen molar-refractivity contribution in [3.05, 3.63) is 0 Å². The lowest BCUT2D eigenvalue weighted by Gasteiger charge is -2.61. The molecule has 2 N–H and O–H groups in total. The Labute approximate surface area is 140 Å². The molecule has 4 rings (SSSR count). The van der Waals surface area contributed by atoms with Gasteiger partial charge in [0.05, 0.1) is 11.8 Å². The van der Waals surface area contributed by atoms with Crippen molar-refractivity contribution in [3.8, 4) is 0 Å². The van der Waals surface area contributed by atoms with Crippen molar-refractivity contribution in [1.82, 2.24) is 0 Å². The topological polar surface area (TPSA) is 52.8 Å². The van der Waals surface area contributed by atoms with Gasteiger partial charge in [-0.2, -0.15) is 0 Å². The average Bonchev–Trinajstić information content (AvgIpc) is 2.82. The smallest absolute Gasteiger partial charge is 0.0602 e. The molecule has 4 saturated carbocycles. The summed E-state index contributed by atoms with van der Waals surface area (Å²) < 4.78 is 0. The summed E-state index contributed by atoms with van der Waals surface area (Å²) in [5.41, 5.74) is 1.62. The first kappa shape index (κ1) is 15.9. The molecule has 4 aliphatic carbocycles. The van der Waals surface area contributed by atoms with Crippen LogP contribution in [0.1, 0.15) is 72.1 Å². The van der Waals surface area contributed by atoms with Gasteiger partial charge in [-0.05, 0) is 91.8 Å². The van der Waals surface area contributed by atoms with E-state index in [4.69, 9.17) is 0 Å². The molecule has 0 aromatic heterocycles. The van der Waals surface area contributed by atoms with Gasteiger partial charge in [-0.3, -0.25) is 0 Å². The lowest BCUT2D eigenvalue weighted by molar-refractivity contribution is -0.116. The van der Waals surface area contributed by atoms with Crippen LogP contribution in [0.3, 0.4) is 0 Å². The molecule has 23 heavy (non-hydrogen) atoms. The lowest BCUT2D eigenvalue weighted by Crippen LogP contribution is -2.55. The van der Waals surface area contributed by atoms with Crippen LogP contribution < -0.4 is 0 Å². The molecule has 130 valence electrons. The third-order valence-electron chi connectivity index (χ3n) is 8.91. The minimum atomic E-state index is -0.0719. The van der Waals surface area contributed by atoms with Gasteiger partial charge in [0.1, 0.15) is 0 Å². The van der Waals surface area contributed by atoms with Crippen molar-refractivity contribution >= 4 is 5.71 Å². The third-order valence-corrected chi connectivity index (χ3v) is 8.91. The first-order chi connectivity index (χ1) is 10.9. The Morgan fingerprint density at radius 3 is 2.48 bits per heavy atom. The van der Waals surface area contributed by atoms with E-state index in [2.05, 4.69) is 25.9 Å².